The summed E-state index contributed by atoms with van der Waals surface area (Å²) in [4.78, 5) is 3.33. The van der Waals surface area contributed by atoms with Crippen LogP contribution in [0.1, 0.15) is 35.1 Å². The first-order chi connectivity index (χ1) is 13.1. The maximum absolute atomic E-state index is 6.49. The number of nitrogens with one attached hydrogen (secondary N) is 1. The van der Waals surface area contributed by atoms with Crippen LogP contribution in [0.4, 0.5) is 5.69 Å². The number of morpholine rings is 1. The number of hydrogen-bond donors (Lipinski definition) is 2. The first kappa shape index (κ1) is 18.7. The van der Waals surface area contributed by atoms with Gasteiger partial charge in [0.15, 0.2) is 0 Å². The number of rotatable bonds is 4. The van der Waals surface area contributed by atoms with Crippen molar-refractivity contribution in [1.82, 2.24) is 10.2 Å². The largest absolute Gasteiger partial charge is 0.399 e. The van der Waals surface area contributed by atoms with Crippen LogP contribution < -0.4 is 11.1 Å². The molecule has 2 aliphatic heterocycles. The van der Waals surface area contributed by atoms with Crippen molar-refractivity contribution in [3.8, 4) is 0 Å². The van der Waals surface area contributed by atoms with E-state index in [9.17, 15) is 0 Å². The van der Waals surface area contributed by atoms with E-state index in [1.807, 2.05) is 18.2 Å². The quantitative estimate of drug-likeness (QED) is 0.603. The predicted molar refractivity (Wildman–Crippen MR) is 115 cm³/mol. The minimum atomic E-state index is -0.0654. The average molecular weight is 402 g/mol. The minimum absolute atomic E-state index is 0.0654. The van der Waals surface area contributed by atoms with Crippen LogP contribution in [0.2, 0.25) is 5.02 Å². The van der Waals surface area contributed by atoms with E-state index >= 15 is 0 Å². The molecule has 0 aliphatic carbocycles. The minimum Gasteiger partial charge on any atom is -0.399 e. The van der Waals surface area contributed by atoms with Crippen LogP contribution in [0.25, 0.3) is 0 Å². The van der Waals surface area contributed by atoms with Crippen molar-refractivity contribution in [2.75, 3.05) is 38.6 Å². The number of anilines is 1. The van der Waals surface area contributed by atoms with E-state index in [-0.39, 0.29) is 12.0 Å². The molecule has 4 nitrogen and oxygen atoms in total. The van der Waals surface area contributed by atoms with Crippen LogP contribution in [0.3, 0.4) is 0 Å². The molecule has 6 heteroatoms. The fourth-order valence-corrected chi connectivity index (χ4v) is 4.59. The number of fused-ring (bicyclic) bond motifs is 1. The van der Waals surface area contributed by atoms with E-state index in [0.717, 1.165) is 49.8 Å². The fourth-order valence-electron chi connectivity index (χ4n) is 4.00. The molecule has 3 N–H and O–H groups in total. The number of halogens is 1. The van der Waals surface area contributed by atoms with Crippen LogP contribution in [-0.4, -0.2) is 42.7 Å². The van der Waals surface area contributed by atoms with Crippen LogP contribution in [0.5, 0.6) is 0 Å². The Bertz CT molecular complexity index is 838. The molecule has 0 saturated carbocycles. The van der Waals surface area contributed by atoms with Crippen LogP contribution >= 0.6 is 23.8 Å². The molecule has 0 radical (unpaired) electrons. The average Bonchev–Trinajstić information content (AvgIpc) is 2.69. The molecule has 2 heterocycles. The fraction of sp³-hybridized carbons (Fsp3) is 0.381. The summed E-state index contributed by atoms with van der Waals surface area (Å²) in [7, 11) is 0. The molecule has 2 unspecified atom stereocenters. The highest BCUT2D eigenvalue weighted by molar-refractivity contribution is 7.80. The van der Waals surface area contributed by atoms with Crippen molar-refractivity contribution >= 4 is 34.5 Å². The van der Waals surface area contributed by atoms with E-state index < -0.39 is 0 Å². The Balaban J connectivity index is 1.62. The second-order valence-corrected chi connectivity index (χ2v) is 7.99. The lowest BCUT2D eigenvalue weighted by Gasteiger charge is -2.36. The number of benzene rings is 2. The topological polar surface area (TPSA) is 50.5 Å². The first-order valence-electron chi connectivity index (χ1n) is 9.37. The molecule has 0 bridgehead atoms. The summed E-state index contributed by atoms with van der Waals surface area (Å²) in [5, 5.41) is 4.24. The van der Waals surface area contributed by atoms with Gasteiger partial charge in [0.1, 0.15) is 0 Å². The van der Waals surface area contributed by atoms with Gasteiger partial charge in [-0.2, -0.15) is 0 Å². The van der Waals surface area contributed by atoms with Gasteiger partial charge in [0.05, 0.1) is 24.2 Å². The smallest absolute Gasteiger partial charge is 0.0837 e. The summed E-state index contributed by atoms with van der Waals surface area (Å²) < 4.78 is 5.45. The Morgan fingerprint density at radius 3 is 2.63 bits per heavy atom. The zero-order valence-corrected chi connectivity index (χ0v) is 16.7. The maximum Gasteiger partial charge on any atom is 0.0837 e. The van der Waals surface area contributed by atoms with Crippen molar-refractivity contribution in [2.24, 2.45) is 0 Å². The summed E-state index contributed by atoms with van der Waals surface area (Å²) >= 11 is 12.3. The molecule has 142 valence electrons. The molecule has 2 aromatic rings. The molecular weight excluding hydrogens is 378 g/mol. The van der Waals surface area contributed by atoms with Crippen LogP contribution in [-0.2, 0) is 4.74 Å². The Morgan fingerprint density at radius 2 is 1.85 bits per heavy atom. The van der Waals surface area contributed by atoms with Gasteiger partial charge in [-0.15, -0.1) is 0 Å². The van der Waals surface area contributed by atoms with Gasteiger partial charge < -0.3 is 15.8 Å². The molecule has 0 amide bonds. The van der Waals surface area contributed by atoms with Crippen LogP contribution in [0.15, 0.2) is 42.5 Å². The van der Waals surface area contributed by atoms with Gasteiger partial charge in [-0.05, 0) is 47.9 Å². The second-order valence-electron chi connectivity index (χ2n) is 7.15. The number of nitrogen functional groups attached to an aromatic ring is 1. The first-order valence-corrected chi connectivity index (χ1v) is 10.2. The second kappa shape index (κ2) is 8.15. The zero-order chi connectivity index (χ0) is 18.8. The highest BCUT2D eigenvalue weighted by atomic mass is 35.5. The Hall–Kier alpha value is -1.66. The zero-order valence-electron chi connectivity index (χ0n) is 15.2. The van der Waals surface area contributed by atoms with Gasteiger partial charge in [0, 0.05) is 29.7 Å². The van der Waals surface area contributed by atoms with Crippen molar-refractivity contribution in [3.63, 3.8) is 0 Å². The lowest BCUT2D eigenvalue weighted by Crippen LogP contribution is -2.41. The molecule has 2 aromatic carbocycles. The molecule has 4 rings (SSSR count). The van der Waals surface area contributed by atoms with E-state index in [1.54, 1.807) is 0 Å². The van der Waals surface area contributed by atoms with E-state index in [2.05, 4.69) is 34.5 Å². The number of hydrogen-bond acceptors (Lipinski definition) is 4. The van der Waals surface area contributed by atoms with Crippen molar-refractivity contribution in [1.29, 1.82) is 0 Å². The SMILES string of the molecule is Nc1ccc(Cl)c(C2NC(=S)C(CCN3CCOCC3)c3ccccc32)c1. The third kappa shape index (κ3) is 3.97. The van der Waals surface area contributed by atoms with Gasteiger partial charge in [-0.25, -0.2) is 0 Å². The Morgan fingerprint density at radius 1 is 1.11 bits per heavy atom. The van der Waals surface area contributed by atoms with E-state index in [1.165, 1.54) is 11.1 Å². The Labute approximate surface area is 170 Å². The van der Waals surface area contributed by atoms with Gasteiger partial charge in [-0.1, -0.05) is 48.1 Å². The molecule has 1 fully saturated rings. The van der Waals surface area contributed by atoms with E-state index in [0.29, 0.717) is 10.7 Å². The molecule has 0 spiro atoms. The summed E-state index contributed by atoms with van der Waals surface area (Å²) in [5.41, 5.74) is 10.2. The highest BCUT2D eigenvalue weighted by Crippen LogP contribution is 2.39. The third-order valence-electron chi connectivity index (χ3n) is 5.45. The normalized spacial score (nSPS) is 22.9. The lowest BCUT2D eigenvalue weighted by molar-refractivity contribution is 0.0371. The lowest BCUT2D eigenvalue weighted by atomic mass is 9.82. The maximum atomic E-state index is 6.49. The van der Waals surface area contributed by atoms with Gasteiger partial charge in [-0.3, -0.25) is 4.90 Å². The predicted octanol–water partition coefficient (Wildman–Crippen LogP) is 3.75. The number of nitrogens with two attached hydrogens (primary N) is 1. The number of ether oxygens (including phenoxy) is 1. The van der Waals surface area contributed by atoms with E-state index in [4.69, 9.17) is 34.3 Å². The van der Waals surface area contributed by atoms with Crippen molar-refractivity contribution in [2.45, 2.75) is 18.4 Å². The molecule has 1 saturated heterocycles. The number of nitrogens with zero attached hydrogens (tertiary/aromatic N) is 1. The molecular formula is C21H24ClN3OS. The summed E-state index contributed by atoms with van der Waals surface area (Å²) in [6, 6.07) is 14.1. The number of thiocarbonyl (C=S) groups is 1. The van der Waals surface area contributed by atoms with Crippen molar-refractivity contribution in [3.05, 3.63) is 64.2 Å². The highest BCUT2D eigenvalue weighted by Gasteiger charge is 2.32. The molecule has 2 aliphatic rings. The van der Waals surface area contributed by atoms with Gasteiger partial charge in [0.25, 0.3) is 0 Å². The molecule has 27 heavy (non-hydrogen) atoms. The molecule has 2 atom stereocenters. The van der Waals surface area contributed by atoms with Gasteiger partial charge >= 0.3 is 0 Å². The van der Waals surface area contributed by atoms with Crippen molar-refractivity contribution < 1.29 is 4.74 Å². The monoisotopic (exact) mass is 401 g/mol. The van der Waals surface area contributed by atoms with Crippen LogP contribution in [0, 0.1) is 0 Å². The summed E-state index contributed by atoms with van der Waals surface area (Å²) in [6.07, 6.45) is 1.00. The standard InChI is InChI=1S/C21H24ClN3OS/c22-19-6-5-14(23)13-18(19)20-16-4-2-1-3-15(16)17(21(27)24-20)7-8-25-9-11-26-12-10-25/h1-6,13,17,20H,7-12,23H2,(H,24,27). The Kier molecular flexibility index (Phi) is 5.64. The summed E-state index contributed by atoms with van der Waals surface area (Å²) in [6.45, 7) is 4.65. The molecule has 0 aromatic heterocycles. The third-order valence-corrected chi connectivity index (χ3v) is 6.20. The van der Waals surface area contributed by atoms with Gasteiger partial charge in [0.2, 0.25) is 0 Å². The summed E-state index contributed by atoms with van der Waals surface area (Å²) in [5.74, 6) is 0.218.